The third kappa shape index (κ3) is 8.03. The van der Waals surface area contributed by atoms with E-state index in [2.05, 4.69) is 5.32 Å². The Labute approximate surface area is 230 Å². The molecule has 1 fully saturated rings. The van der Waals surface area contributed by atoms with Crippen LogP contribution in [0.1, 0.15) is 44.7 Å². The first-order valence-corrected chi connectivity index (χ1v) is 14.2. The van der Waals surface area contributed by atoms with Crippen molar-refractivity contribution in [3.05, 3.63) is 59.7 Å². The van der Waals surface area contributed by atoms with Crippen LogP contribution in [0.15, 0.2) is 53.4 Å². The molecule has 0 aromatic heterocycles. The number of nitrogens with one attached hydrogen (secondary N) is 1. The van der Waals surface area contributed by atoms with Crippen LogP contribution in [0.3, 0.4) is 0 Å². The van der Waals surface area contributed by atoms with Gasteiger partial charge in [-0.05, 0) is 70.4 Å². The van der Waals surface area contributed by atoms with Crippen LogP contribution < -0.4 is 10.1 Å². The number of rotatable bonds is 8. The SMILES string of the molecule is Cc1ccc(S(=O)(=O)N2CCC[C@H]2C(=O)N[C@@H](Cc2ccc(OC(=O)N(C)C)cc2)C(=O)OC(C)(C)C)cc1. The zero-order valence-electron chi connectivity index (χ0n) is 23.3. The summed E-state index contributed by atoms with van der Waals surface area (Å²) in [6.45, 7) is 7.25. The van der Waals surface area contributed by atoms with Crippen LogP contribution in [-0.4, -0.2) is 73.9 Å². The van der Waals surface area contributed by atoms with Gasteiger partial charge in [-0.15, -0.1) is 0 Å². The summed E-state index contributed by atoms with van der Waals surface area (Å²) in [5.41, 5.74) is 0.818. The van der Waals surface area contributed by atoms with Gasteiger partial charge in [-0.2, -0.15) is 4.31 Å². The van der Waals surface area contributed by atoms with Crippen molar-refractivity contribution in [2.75, 3.05) is 20.6 Å². The Morgan fingerprint density at radius 3 is 2.23 bits per heavy atom. The molecular formula is C28H37N3O7S. The Hall–Kier alpha value is -3.44. The van der Waals surface area contributed by atoms with Crippen LogP contribution >= 0.6 is 0 Å². The van der Waals surface area contributed by atoms with Gasteiger partial charge in [0.1, 0.15) is 23.4 Å². The Morgan fingerprint density at radius 2 is 1.67 bits per heavy atom. The summed E-state index contributed by atoms with van der Waals surface area (Å²) in [5, 5.41) is 2.74. The van der Waals surface area contributed by atoms with Gasteiger partial charge in [0.15, 0.2) is 0 Å². The molecule has 1 aliphatic rings. The van der Waals surface area contributed by atoms with Gasteiger partial charge in [-0.1, -0.05) is 29.8 Å². The number of ether oxygens (including phenoxy) is 2. The molecule has 3 rings (SSSR count). The fraction of sp³-hybridized carbons (Fsp3) is 0.464. The molecule has 39 heavy (non-hydrogen) atoms. The lowest BCUT2D eigenvalue weighted by atomic mass is 10.0. The third-order valence-corrected chi connectivity index (χ3v) is 8.00. The molecule has 0 aliphatic carbocycles. The zero-order chi connectivity index (χ0) is 29.0. The number of hydrogen-bond donors (Lipinski definition) is 1. The second-order valence-electron chi connectivity index (χ2n) is 10.8. The van der Waals surface area contributed by atoms with Crippen molar-refractivity contribution in [3.8, 4) is 5.75 Å². The molecule has 0 bridgehead atoms. The number of carbonyl (C=O) groups excluding carboxylic acids is 3. The molecule has 2 aromatic carbocycles. The highest BCUT2D eigenvalue weighted by Crippen LogP contribution is 2.27. The van der Waals surface area contributed by atoms with Crippen molar-refractivity contribution in [2.45, 2.75) is 69.5 Å². The van der Waals surface area contributed by atoms with E-state index in [9.17, 15) is 22.8 Å². The molecule has 0 unspecified atom stereocenters. The van der Waals surface area contributed by atoms with E-state index in [4.69, 9.17) is 9.47 Å². The molecule has 2 aromatic rings. The van der Waals surface area contributed by atoms with E-state index in [1.807, 2.05) is 6.92 Å². The first-order valence-electron chi connectivity index (χ1n) is 12.8. The van der Waals surface area contributed by atoms with Gasteiger partial charge in [0, 0.05) is 27.1 Å². The van der Waals surface area contributed by atoms with Gasteiger partial charge in [-0.3, -0.25) is 4.79 Å². The lowest BCUT2D eigenvalue weighted by Gasteiger charge is -2.28. The second kappa shape index (κ2) is 12.2. The summed E-state index contributed by atoms with van der Waals surface area (Å²) in [4.78, 5) is 39.7. The standard InChI is InChI=1S/C28H37N3O7S/c1-19-9-15-22(16-10-19)39(35,36)31-17-7-8-24(31)25(32)29-23(26(33)38-28(2,3)4)18-20-11-13-21(14-12-20)37-27(34)30(5)6/h9-16,23-24H,7-8,17-18H2,1-6H3,(H,29,32)/t23-,24-/m0/s1. The average Bonchev–Trinajstić information content (AvgIpc) is 3.35. The summed E-state index contributed by atoms with van der Waals surface area (Å²) in [6.07, 6.45) is 0.431. The number of carbonyl (C=O) groups is 3. The van der Waals surface area contributed by atoms with Crippen molar-refractivity contribution in [3.63, 3.8) is 0 Å². The molecule has 1 saturated heterocycles. The van der Waals surface area contributed by atoms with Crippen molar-refractivity contribution in [2.24, 2.45) is 0 Å². The van der Waals surface area contributed by atoms with Gasteiger partial charge in [0.25, 0.3) is 0 Å². The first kappa shape index (κ1) is 30.1. The topological polar surface area (TPSA) is 122 Å². The van der Waals surface area contributed by atoms with E-state index in [0.717, 1.165) is 5.56 Å². The summed E-state index contributed by atoms with van der Waals surface area (Å²) in [7, 11) is -0.759. The van der Waals surface area contributed by atoms with Gasteiger partial charge < -0.3 is 19.7 Å². The minimum absolute atomic E-state index is 0.0972. The predicted octanol–water partition coefficient (Wildman–Crippen LogP) is 3.28. The van der Waals surface area contributed by atoms with Crippen molar-refractivity contribution in [1.29, 1.82) is 0 Å². The Morgan fingerprint density at radius 1 is 1.05 bits per heavy atom. The lowest BCUT2D eigenvalue weighted by molar-refractivity contribution is -0.158. The van der Waals surface area contributed by atoms with Gasteiger partial charge in [0.2, 0.25) is 15.9 Å². The number of nitrogens with zero attached hydrogens (tertiary/aromatic N) is 2. The van der Waals surface area contributed by atoms with Crippen molar-refractivity contribution in [1.82, 2.24) is 14.5 Å². The fourth-order valence-electron chi connectivity index (χ4n) is 4.09. The van der Waals surface area contributed by atoms with E-state index in [0.29, 0.717) is 24.2 Å². The molecule has 0 saturated carbocycles. The predicted molar refractivity (Wildman–Crippen MR) is 146 cm³/mol. The van der Waals surface area contributed by atoms with Crippen LogP contribution in [0.2, 0.25) is 0 Å². The summed E-state index contributed by atoms with van der Waals surface area (Å²) in [5.74, 6) is -0.862. The molecule has 1 heterocycles. The van der Waals surface area contributed by atoms with Gasteiger partial charge >= 0.3 is 12.1 Å². The van der Waals surface area contributed by atoms with E-state index in [1.54, 1.807) is 71.3 Å². The maximum atomic E-state index is 13.4. The van der Waals surface area contributed by atoms with Crippen LogP contribution in [0, 0.1) is 6.92 Å². The first-order chi connectivity index (χ1) is 18.2. The quantitative estimate of drug-likeness (QED) is 0.493. The molecule has 2 atom stereocenters. The highest BCUT2D eigenvalue weighted by atomic mass is 32.2. The van der Waals surface area contributed by atoms with Crippen LogP contribution in [0.25, 0.3) is 0 Å². The number of hydrogen-bond acceptors (Lipinski definition) is 7. The highest BCUT2D eigenvalue weighted by Gasteiger charge is 2.41. The molecule has 212 valence electrons. The Kier molecular flexibility index (Phi) is 9.39. The number of amides is 2. The third-order valence-electron chi connectivity index (χ3n) is 6.08. The summed E-state index contributed by atoms with van der Waals surface area (Å²) >= 11 is 0. The zero-order valence-corrected chi connectivity index (χ0v) is 24.1. The number of sulfonamides is 1. The van der Waals surface area contributed by atoms with Crippen molar-refractivity contribution < 1.29 is 32.3 Å². The summed E-state index contributed by atoms with van der Waals surface area (Å²) < 4.78 is 38.6. The van der Waals surface area contributed by atoms with Crippen molar-refractivity contribution >= 4 is 28.0 Å². The largest absolute Gasteiger partial charge is 0.458 e. The van der Waals surface area contributed by atoms with E-state index in [-0.39, 0.29) is 17.9 Å². The molecular weight excluding hydrogens is 522 g/mol. The maximum Gasteiger partial charge on any atom is 0.414 e. The van der Waals surface area contributed by atoms with Gasteiger partial charge in [0.05, 0.1) is 4.90 Å². The molecule has 1 aliphatic heterocycles. The number of aryl methyl sites for hydroxylation is 1. The number of benzene rings is 2. The molecule has 2 amide bonds. The molecule has 0 spiro atoms. The average molecular weight is 560 g/mol. The molecule has 1 N–H and O–H groups in total. The van der Waals surface area contributed by atoms with E-state index < -0.39 is 45.7 Å². The van der Waals surface area contributed by atoms with Crippen LogP contribution in [-0.2, 0) is 30.8 Å². The smallest absolute Gasteiger partial charge is 0.414 e. The minimum atomic E-state index is -3.90. The second-order valence-corrected chi connectivity index (χ2v) is 12.7. The monoisotopic (exact) mass is 559 g/mol. The van der Waals surface area contributed by atoms with E-state index in [1.165, 1.54) is 21.3 Å². The summed E-state index contributed by atoms with van der Waals surface area (Å²) in [6, 6.07) is 11.0. The van der Waals surface area contributed by atoms with E-state index >= 15 is 0 Å². The fourth-order valence-corrected chi connectivity index (χ4v) is 5.75. The minimum Gasteiger partial charge on any atom is -0.458 e. The molecule has 0 radical (unpaired) electrons. The molecule has 10 nitrogen and oxygen atoms in total. The Balaban J connectivity index is 1.79. The molecule has 11 heteroatoms. The number of esters is 1. The highest BCUT2D eigenvalue weighted by molar-refractivity contribution is 7.89. The lowest BCUT2D eigenvalue weighted by Crippen LogP contribution is -2.52. The van der Waals surface area contributed by atoms with Crippen LogP contribution in [0.5, 0.6) is 5.75 Å². The normalized spacial score (nSPS) is 16.8. The Bertz CT molecular complexity index is 1280. The van der Waals surface area contributed by atoms with Gasteiger partial charge in [-0.25, -0.2) is 18.0 Å². The maximum absolute atomic E-state index is 13.4. The van der Waals surface area contributed by atoms with Crippen LogP contribution in [0.4, 0.5) is 4.79 Å².